The zero-order chi connectivity index (χ0) is 18.4. The first kappa shape index (κ1) is 19.2. The molecule has 132 valence electrons. The molecule has 2 atom stereocenters. The van der Waals surface area contributed by atoms with Crippen molar-refractivity contribution < 1.29 is 19.7 Å². The predicted octanol–water partition coefficient (Wildman–Crippen LogP) is 3.78. The van der Waals surface area contributed by atoms with E-state index in [4.69, 9.17) is 27.9 Å². The molecule has 0 aliphatic heterocycles. The number of aliphatic imine (C=N–C) groups is 1. The second-order valence-electron chi connectivity index (χ2n) is 5.16. The van der Waals surface area contributed by atoms with E-state index in [0.717, 1.165) is 0 Å². The Balaban J connectivity index is 2.35. The number of aromatic hydroxyl groups is 1. The summed E-state index contributed by atoms with van der Waals surface area (Å²) in [5.41, 5.74) is 0.748. The molecule has 5 nitrogen and oxygen atoms in total. The molecule has 0 aliphatic carbocycles. The van der Waals surface area contributed by atoms with Gasteiger partial charge in [0, 0.05) is 16.8 Å². The zero-order valence-corrected chi connectivity index (χ0v) is 14.9. The Morgan fingerprint density at radius 3 is 2.60 bits per heavy atom. The quantitative estimate of drug-likeness (QED) is 0.589. The van der Waals surface area contributed by atoms with Crippen LogP contribution in [-0.4, -0.2) is 35.0 Å². The van der Waals surface area contributed by atoms with Gasteiger partial charge in [0.05, 0.1) is 11.6 Å². The molecule has 0 aliphatic rings. The maximum Gasteiger partial charge on any atom is 0.333 e. The second kappa shape index (κ2) is 8.85. The summed E-state index contributed by atoms with van der Waals surface area (Å²) in [5.74, 6) is -0.894. The Hall–Kier alpha value is -2.08. The first-order valence-corrected chi connectivity index (χ1v) is 8.30. The molecule has 0 saturated heterocycles. The molecule has 0 saturated carbocycles. The standard InChI is InChI=1S/C18H17Cl2NO4/c1-2-25-18(24)15(17(23)11-6-4-3-5-7-11)21-10-12-8-13(19)9-14(20)16(12)22/h3-10,15,17,22-23H,2H2,1H3. The number of halogens is 2. The Bertz CT molecular complexity index is 765. The second-order valence-corrected chi connectivity index (χ2v) is 6.00. The summed E-state index contributed by atoms with van der Waals surface area (Å²) in [5, 5.41) is 20.8. The van der Waals surface area contributed by atoms with Crippen molar-refractivity contribution >= 4 is 35.4 Å². The highest BCUT2D eigenvalue weighted by Gasteiger charge is 2.28. The molecule has 0 aromatic heterocycles. The largest absolute Gasteiger partial charge is 0.506 e. The van der Waals surface area contributed by atoms with Crippen molar-refractivity contribution in [1.29, 1.82) is 0 Å². The Morgan fingerprint density at radius 1 is 1.28 bits per heavy atom. The first-order chi connectivity index (χ1) is 11.9. The van der Waals surface area contributed by atoms with Gasteiger partial charge in [-0.2, -0.15) is 0 Å². The fraction of sp³-hybridized carbons (Fsp3) is 0.222. The van der Waals surface area contributed by atoms with Crippen LogP contribution in [-0.2, 0) is 9.53 Å². The highest BCUT2D eigenvalue weighted by molar-refractivity contribution is 6.36. The van der Waals surface area contributed by atoms with Crippen LogP contribution in [0.25, 0.3) is 0 Å². The lowest BCUT2D eigenvalue weighted by Crippen LogP contribution is -2.28. The van der Waals surface area contributed by atoms with E-state index in [1.165, 1.54) is 18.3 Å². The lowest BCUT2D eigenvalue weighted by Gasteiger charge is -2.18. The van der Waals surface area contributed by atoms with Crippen molar-refractivity contribution in [1.82, 2.24) is 0 Å². The van der Waals surface area contributed by atoms with Crippen molar-refractivity contribution in [2.75, 3.05) is 6.61 Å². The number of aliphatic hydroxyl groups excluding tert-OH is 1. The van der Waals surface area contributed by atoms with Gasteiger partial charge in [0.25, 0.3) is 0 Å². The van der Waals surface area contributed by atoms with E-state index in [2.05, 4.69) is 4.99 Å². The molecule has 2 aromatic carbocycles. The Kier molecular flexibility index (Phi) is 6.82. The Morgan fingerprint density at radius 2 is 1.96 bits per heavy atom. The molecule has 0 bridgehead atoms. The number of hydrogen-bond donors (Lipinski definition) is 2. The summed E-state index contributed by atoms with van der Waals surface area (Å²) >= 11 is 11.8. The van der Waals surface area contributed by atoms with E-state index >= 15 is 0 Å². The van der Waals surface area contributed by atoms with Gasteiger partial charge in [0.1, 0.15) is 11.9 Å². The number of carbonyl (C=O) groups excluding carboxylic acids is 1. The van der Waals surface area contributed by atoms with Crippen LogP contribution in [0.2, 0.25) is 10.0 Å². The summed E-state index contributed by atoms with van der Waals surface area (Å²) in [6.07, 6.45) is 0.0363. The van der Waals surface area contributed by atoms with Crippen molar-refractivity contribution in [2.24, 2.45) is 4.99 Å². The molecular weight excluding hydrogens is 365 g/mol. The highest BCUT2D eigenvalue weighted by Crippen LogP contribution is 2.30. The van der Waals surface area contributed by atoms with E-state index in [0.29, 0.717) is 10.6 Å². The smallest absolute Gasteiger partial charge is 0.333 e. The van der Waals surface area contributed by atoms with Crippen LogP contribution in [0.1, 0.15) is 24.2 Å². The molecule has 2 unspecified atom stereocenters. The van der Waals surface area contributed by atoms with Gasteiger partial charge in [-0.25, -0.2) is 4.79 Å². The lowest BCUT2D eigenvalue weighted by atomic mass is 10.0. The van der Waals surface area contributed by atoms with Gasteiger partial charge in [-0.05, 0) is 24.6 Å². The average Bonchev–Trinajstić information content (AvgIpc) is 2.60. The van der Waals surface area contributed by atoms with Crippen molar-refractivity contribution in [3.63, 3.8) is 0 Å². The van der Waals surface area contributed by atoms with Crippen LogP contribution in [0, 0.1) is 0 Å². The zero-order valence-electron chi connectivity index (χ0n) is 13.4. The minimum atomic E-state index is -1.20. The van der Waals surface area contributed by atoms with E-state index in [9.17, 15) is 15.0 Å². The molecule has 0 amide bonds. The normalized spacial score (nSPS) is 13.6. The minimum Gasteiger partial charge on any atom is -0.506 e. The van der Waals surface area contributed by atoms with Crippen LogP contribution in [0.3, 0.4) is 0 Å². The number of rotatable bonds is 6. The van der Waals surface area contributed by atoms with Crippen LogP contribution >= 0.6 is 23.2 Å². The Labute approximate surface area is 155 Å². The fourth-order valence-electron chi connectivity index (χ4n) is 2.18. The number of phenols is 1. The molecule has 2 rings (SSSR count). The van der Waals surface area contributed by atoms with Crippen molar-refractivity contribution in [2.45, 2.75) is 19.1 Å². The molecule has 0 spiro atoms. The first-order valence-electron chi connectivity index (χ1n) is 7.54. The van der Waals surface area contributed by atoms with Crippen LogP contribution in [0.4, 0.5) is 0 Å². The molecule has 7 heteroatoms. The molecule has 0 radical (unpaired) electrons. The highest BCUT2D eigenvalue weighted by atomic mass is 35.5. The van der Waals surface area contributed by atoms with Gasteiger partial charge in [-0.3, -0.25) is 4.99 Å². The number of nitrogens with zero attached hydrogens (tertiary/aromatic N) is 1. The summed E-state index contributed by atoms with van der Waals surface area (Å²) < 4.78 is 4.99. The predicted molar refractivity (Wildman–Crippen MR) is 97.5 cm³/mol. The maximum atomic E-state index is 12.2. The number of phenolic OH excluding ortho intramolecular Hbond substituents is 1. The number of carbonyl (C=O) groups is 1. The van der Waals surface area contributed by atoms with Gasteiger partial charge >= 0.3 is 5.97 Å². The van der Waals surface area contributed by atoms with Gasteiger partial charge in [0.2, 0.25) is 0 Å². The number of ether oxygens (including phenoxy) is 1. The van der Waals surface area contributed by atoms with Crippen LogP contribution in [0.5, 0.6) is 5.75 Å². The number of esters is 1. The van der Waals surface area contributed by atoms with E-state index in [1.807, 2.05) is 0 Å². The fourth-order valence-corrected chi connectivity index (χ4v) is 2.69. The summed E-state index contributed by atoms with van der Waals surface area (Å²) in [7, 11) is 0. The van der Waals surface area contributed by atoms with Crippen molar-refractivity contribution in [3.8, 4) is 5.75 Å². The van der Waals surface area contributed by atoms with E-state index in [1.54, 1.807) is 37.3 Å². The molecular formula is C18H17Cl2NO4. The topological polar surface area (TPSA) is 79.1 Å². The minimum absolute atomic E-state index is 0.0604. The van der Waals surface area contributed by atoms with Gasteiger partial charge in [-0.1, -0.05) is 53.5 Å². The van der Waals surface area contributed by atoms with Gasteiger partial charge in [-0.15, -0.1) is 0 Å². The average molecular weight is 382 g/mol. The number of benzene rings is 2. The third kappa shape index (κ3) is 4.95. The SMILES string of the molecule is CCOC(=O)C(N=Cc1cc(Cl)cc(Cl)c1O)C(O)c1ccccc1. The van der Waals surface area contributed by atoms with Gasteiger partial charge in [0.15, 0.2) is 6.04 Å². The number of aliphatic hydroxyl groups is 1. The van der Waals surface area contributed by atoms with Gasteiger partial charge < -0.3 is 14.9 Å². The third-order valence-electron chi connectivity index (χ3n) is 3.40. The van der Waals surface area contributed by atoms with E-state index in [-0.39, 0.29) is 22.9 Å². The number of hydrogen-bond acceptors (Lipinski definition) is 5. The summed E-state index contributed by atoms with van der Waals surface area (Å²) in [6, 6.07) is 10.3. The summed E-state index contributed by atoms with van der Waals surface area (Å²) in [6.45, 7) is 1.82. The van der Waals surface area contributed by atoms with Crippen LogP contribution < -0.4 is 0 Å². The molecule has 2 aromatic rings. The summed E-state index contributed by atoms with van der Waals surface area (Å²) in [4.78, 5) is 16.3. The molecule has 0 heterocycles. The molecule has 2 N–H and O–H groups in total. The third-order valence-corrected chi connectivity index (χ3v) is 3.91. The molecule has 25 heavy (non-hydrogen) atoms. The monoisotopic (exact) mass is 381 g/mol. The van der Waals surface area contributed by atoms with Crippen molar-refractivity contribution in [3.05, 3.63) is 63.6 Å². The molecule has 0 fully saturated rings. The maximum absolute atomic E-state index is 12.2. The lowest BCUT2D eigenvalue weighted by molar-refractivity contribution is -0.147. The van der Waals surface area contributed by atoms with Crippen LogP contribution in [0.15, 0.2) is 47.5 Å². The van der Waals surface area contributed by atoms with E-state index < -0.39 is 18.1 Å².